The van der Waals surface area contributed by atoms with Crippen molar-refractivity contribution in [3.8, 4) is 28.1 Å². The summed E-state index contributed by atoms with van der Waals surface area (Å²) in [4.78, 5) is 61.6. The molecule has 3 saturated heterocycles. The number of aromatic amines is 2. The van der Waals surface area contributed by atoms with Gasteiger partial charge in [-0.3, -0.25) is 9.59 Å². The Balaban J connectivity index is 0.973. The number of likely N-dealkylation sites (N-methyl/N-ethyl adjacent to an activating group) is 1. The molecule has 4 N–H and O–H groups in total. The minimum Gasteiger partial charge on any atom is -0.488 e. The van der Waals surface area contributed by atoms with Crippen molar-refractivity contribution in [2.24, 2.45) is 17.8 Å². The minimum atomic E-state index is -0.738. The average molecular weight is 847 g/mol. The smallest absolute Gasteiger partial charge is 0.407 e. The monoisotopic (exact) mass is 846 g/mol. The zero-order valence-electron chi connectivity index (χ0n) is 36.5. The lowest BCUT2D eigenvalue weighted by atomic mass is 9.90. The van der Waals surface area contributed by atoms with Crippen molar-refractivity contribution in [3.63, 3.8) is 0 Å². The number of imidazole rings is 2. The number of amides is 3. The number of hydrogen-bond acceptors (Lipinski definition) is 10. The van der Waals surface area contributed by atoms with Crippen LogP contribution in [-0.4, -0.2) is 113 Å². The van der Waals surface area contributed by atoms with E-state index in [0.29, 0.717) is 58.1 Å². The Hall–Kier alpha value is -5.51. The largest absolute Gasteiger partial charge is 0.488 e. The molecule has 3 amide bonds. The fourth-order valence-corrected chi connectivity index (χ4v) is 10.4. The second kappa shape index (κ2) is 17.3. The van der Waals surface area contributed by atoms with Gasteiger partial charge < -0.3 is 49.3 Å². The highest BCUT2D eigenvalue weighted by molar-refractivity contribution is 6.07. The number of aromatic nitrogens is 4. The van der Waals surface area contributed by atoms with Gasteiger partial charge in [-0.2, -0.15) is 0 Å². The normalized spacial score (nSPS) is 22.4. The molecule has 62 heavy (non-hydrogen) atoms. The van der Waals surface area contributed by atoms with Crippen molar-refractivity contribution in [2.45, 2.75) is 89.7 Å². The summed E-state index contributed by atoms with van der Waals surface area (Å²) in [5, 5.41) is 8.17. The third-order valence-corrected chi connectivity index (χ3v) is 13.6. The van der Waals surface area contributed by atoms with E-state index in [1.165, 1.54) is 7.11 Å². The number of nitrogens with zero attached hydrogens (tertiary/aromatic N) is 4. The van der Waals surface area contributed by atoms with E-state index in [1.807, 2.05) is 23.0 Å². The van der Waals surface area contributed by atoms with Gasteiger partial charge in [-0.1, -0.05) is 32.0 Å². The Morgan fingerprint density at radius 1 is 0.952 bits per heavy atom. The van der Waals surface area contributed by atoms with Gasteiger partial charge in [0.2, 0.25) is 11.8 Å². The lowest BCUT2D eigenvalue weighted by Gasteiger charge is -2.34. The zero-order chi connectivity index (χ0) is 43.2. The molecule has 328 valence electrons. The molecule has 3 aromatic carbocycles. The van der Waals surface area contributed by atoms with Crippen LogP contribution in [0.3, 0.4) is 0 Å². The molecule has 0 bridgehead atoms. The SMILES string of the molecule is CN[C@H](C(=O)N1[C@@H](C)CC[C@H]1c1nc2ccc3cc4c(cc3c2[nH]1)OCc1cc(-c2cnc([C@@H]3C[C@H](COC)CN3C(=O)C(NC(=O)OC)C3CCOCC3)[nH]2)ccc1-4)C(C)C. The molecule has 0 radical (unpaired) electrons. The highest BCUT2D eigenvalue weighted by Crippen LogP contribution is 2.44. The molecule has 15 nitrogen and oxygen atoms in total. The first-order chi connectivity index (χ1) is 30.1. The first-order valence-electron chi connectivity index (χ1n) is 22.1. The minimum absolute atomic E-state index is 0.0683. The maximum atomic E-state index is 14.4. The molecular weight excluding hydrogens is 789 g/mol. The number of rotatable bonds is 11. The molecule has 15 heteroatoms. The number of carbonyl (C=O) groups is 3. The average Bonchev–Trinajstić information content (AvgIpc) is 4.11. The molecule has 4 aliphatic rings. The lowest BCUT2D eigenvalue weighted by molar-refractivity contribution is -0.138. The van der Waals surface area contributed by atoms with E-state index >= 15 is 0 Å². The topological polar surface area (TPSA) is 176 Å². The van der Waals surface area contributed by atoms with E-state index < -0.39 is 12.1 Å². The van der Waals surface area contributed by atoms with Crippen LogP contribution < -0.4 is 15.4 Å². The molecule has 3 fully saturated rings. The molecule has 1 unspecified atom stereocenters. The summed E-state index contributed by atoms with van der Waals surface area (Å²) in [7, 11) is 4.84. The van der Waals surface area contributed by atoms with Crippen LogP contribution in [0.15, 0.2) is 48.7 Å². The van der Waals surface area contributed by atoms with Crippen LogP contribution in [0.4, 0.5) is 4.79 Å². The van der Waals surface area contributed by atoms with E-state index in [1.54, 1.807) is 7.11 Å². The summed E-state index contributed by atoms with van der Waals surface area (Å²) in [6.45, 7) is 8.75. The maximum Gasteiger partial charge on any atom is 0.407 e. The summed E-state index contributed by atoms with van der Waals surface area (Å²) in [5.74, 6) is 2.49. The molecule has 4 aliphatic heterocycles. The molecule has 0 spiro atoms. The molecular formula is C47H58N8O7. The fourth-order valence-electron chi connectivity index (χ4n) is 10.4. The number of likely N-dealkylation sites (tertiary alicyclic amines) is 2. The van der Waals surface area contributed by atoms with E-state index in [9.17, 15) is 14.4 Å². The number of alkyl carbamates (subject to hydrolysis) is 1. The first kappa shape index (κ1) is 41.8. The van der Waals surface area contributed by atoms with Gasteiger partial charge in [0.15, 0.2) is 0 Å². The van der Waals surface area contributed by atoms with Gasteiger partial charge in [0.05, 0.1) is 54.8 Å². The molecule has 0 saturated carbocycles. The number of benzene rings is 3. The Kier molecular flexibility index (Phi) is 11.7. The molecule has 0 aliphatic carbocycles. The molecule has 9 rings (SSSR count). The van der Waals surface area contributed by atoms with Gasteiger partial charge in [-0.25, -0.2) is 14.8 Å². The number of ether oxygens (including phenoxy) is 4. The number of H-pyrrole nitrogens is 2. The standard InChI is InChI=1S/C47H58N8O7/c1-25(2)40(48-4)46(57)55-26(3)7-12-37(55)44-50-35-11-9-29-19-34-32-10-8-30(18-31(32)24-62-39(34)20-33(29)42(35)52-44)36-21-49-43(51-36)38-17-27(23-59-5)22-54(38)45(56)41(53-47(58)60-6)28-13-15-61-16-14-28/h8-11,18-21,25-28,37-38,40-41,48H,7,12-17,22-24H2,1-6H3,(H,49,51)(H,50,52)(H,53,58)/t26-,27-,37-,38-,40-,41?/m0/s1. The van der Waals surface area contributed by atoms with Crippen LogP contribution >= 0.6 is 0 Å². The second-order valence-corrected chi connectivity index (χ2v) is 17.8. The fraction of sp³-hybridized carbons (Fsp3) is 0.511. The van der Waals surface area contributed by atoms with Crippen molar-refractivity contribution < 1.29 is 33.3 Å². The first-order valence-corrected chi connectivity index (χ1v) is 22.1. The highest BCUT2D eigenvalue weighted by atomic mass is 16.5. The van der Waals surface area contributed by atoms with Crippen molar-refractivity contribution in [3.05, 3.63) is 65.9 Å². The third kappa shape index (κ3) is 7.68. The van der Waals surface area contributed by atoms with Gasteiger partial charge in [0, 0.05) is 49.8 Å². The van der Waals surface area contributed by atoms with Crippen LogP contribution in [0.5, 0.6) is 5.75 Å². The van der Waals surface area contributed by atoms with E-state index in [4.69, 9.17) is 28.9 Å². The number of methoxy groups -OCH3 is 2. The van der Waals surface area contributed by atoms with E-state index in [2.05, 4.69) is 83.8 Å². The molecule has 2 aromatic heterocycles. The van der Waals surface area contributed by atoms with E-state index in [0.717, 1.165) is 74.2 Å². The Labute approximate surface area is 361 Å². The molecule has 6 atom stereocenters. The summed E-state index contributed by atoms with van der Waals surface area (Å²) < 4.78 is 22.5. The van der Waals surface area contributed by atoms with Crippen LogP contribution in [0.2, 0.25) is 0 Å². The zero-order valence-corrected chi connectivity index (χ0v) is 36.5. The van der Waals surface area contributed by atoms with Gasteiger partial charge in [-0.05, 0) is 104 Å². The van der Waals surface area contributed by atoms with Gasteiger partial charge in [0.25, 0.3) is 0 Å². The summed E-state index contributed by atoms with van der Waals surface area (Å²) in [6.07, 6.45) is 5.00. The number of hydrogen-bond donors (Lipinski definition) is 4. The quantitative estimate of drug-likeness (QED) is 0.113. The predicted molar refractivity (Wildman–Crippen MR) is 234 cm³/mol. The summed E-state index contributed by atoms with van der Waals surface area (Å²) in [6, 6.07) is 13.5. The van der Waals surface area contributed by atoms with Gasteiger partial charge in [0.1, 0.15) is 30.0 Å². The number of nitrogens with one attached hydrogen (secondary N) is 4. The summed E-state index contributed by atoms with van der Waals surface area (Å²) >= 11 is 0. The van der Waals surface area contributed by atoms with Gasteiger partial charge >= 0.3 is 6.09 Å². The molecule has 5 aromatic rings. The second-order valence-electron chi connectivity index (χ2n) is 17.8. The van der Waals surface area contributed by atoms with Crippen molar-refractivity contribution >= 4 is 39.7 Å². The maximum absolute atomic E-state index is 14.4. The molecule has 6 heterocycles. The third-order valence-electron chi connectivity index (χ3n) is 13.6. The van der Waals surface area contributed by atoms with E-state index in [-0.39, 0.29) is 53.7 Å². The number of carbonyl (C=O) groups excluding carboxylic acids is 3. The van der Waals surface area contributed by atoms with Crippen LogP contribution in [0.1, 0.15) is 82.2 Å². The van der Waals surface area contributed by atoms with Crippen molar-refractivity contribution in [2.75, 3.05) is 47.6 Å². The Morgan fingerprint density at radius 2 is 1.77 bits per heavy atom. The Bertz CT molecular complexity index is 2470. The predicted octanol–water partition coefficient (Wildman–Crippen LogP) is 6.65. The summed E-state index contributed by atoms with van der Waals surface area (Å²) in [5.41, 5.74) is 6.79. The van der Waals surface area contributed by atoms with Crippen molar-refractivity contribution in [1.29, 1.82) is 0 Å². The highest BCUT2D eigenvalue weighted by Gasteiger charge is 2.44. The van der Waals surface area contributed by atoms with Gasteiger partial charge in [-0.15, -0.1) is 0 Å². The number of fused-ring (bicyclic) bond motifs is 6. The lowest BCUT2D eigenvalue weighted by Crippen LogP contribution is -2.53. The van der Waals surface area contributed by atoms with Crippen LogP contribution in [0, 0.1) is 17.8 Å². The van der Waals surface area contributed by atoms with Crippen LogP contribution in [0.25, 0.3) is 44.2 Å². The Morgan fingerprint density at radius 3 is 2.53 bits per heavy atom. The van der Waals surface area contributed by atoms with Crippen molar-refractivity contribution in [1.82, 2.24) is 40.4 Å². The van der Waals surface area contributed by atoms with Crippen LogP contribution in [-0.2, 0) is 30.4 Å².